The van der Waals surface area contributed by atoms with Crippen LogP contribution in [0.25, 0.3) is 0 Å². The Bertz CT molecular complexity index is 658. The predicted octanol–water partition coefficient (Wildman–Crippen LogP) is 3.58. The van der Waals surface area contributed by atoms with Gasteiger partial charge in [-0.25, -0.2) is 4.39 Å². The molecule has 0 aliphatic rings. The van der Waals surface area contributed by atoms with Gasteiger partial charge < -0.3 is 10.2 Å². The molecule has 1 amide bonds. The van der Waals surface area contributed by atoms with E-state index >= 15 is 0 Å². The number of nitrogens with zero attached hydrogens (tertiary/aromatic N) is 1. The number of rotatable bonds is 4. The third kappa shape index (κ3) is 4.04. The Morgan fingerprint density at radius 2 is 2.00 bits per heavy atom. The Morgan fingerprint density at radius 3 is 2.71 bits per heavy atom. The molecule has 0 radical (unpaired) electrons. The average molecular weight is 351 g/mol. The fraction of sp³-hybridized carbons (Fsp3) is 0.188. The van der Waals surface area contributed by atoms with Gasteiger partial charge in [0.1, 0.15) is 5.82 Å². The lowest BCUT2D eigenvalue weighted by atomic mass is 10.1. The van der Waals surface area contributed by atoms with Crippen molar-refractivity contribution in [3.8, 4) is 0 Å². The van der Waals surface area contributed by atoms with E-state index in [0.29, 0.717) is 11.1 Å². The standard InChI is InChI=1S/C16H16BrFN2O/c1-20(2)14-5-3-4-11(9-14)16(21)19-10-12-8-13(17)6-7-15(12)18/h3-9H,10H2,1-2H3,(H,19,21). The lowest BCUT2D eigenvalue weighted by Gasteiger charge is -2.13. The van der Waals surface area contributed by atoms with E-state index in [1.54, 1.807) is 24.3 Å². The molecule has 0 aliphatic carbocycles. The number of halogens is 2. The fourth-order valence-corrected chi connectivity index (χ4v) is 2.29. The van der Waals surface area contributed by atoms with Crippen molar-refractivity contribution in [2.75, 3.05) is 19.0 Å². The maximum absolute atomic E-state index is 13.6. The lowest BCUT2D eigenvalue weighted by molar-refractivity contribution is 0.0950. The first-order valence-corrected chi connectivity index (χ1v) is 7.26. The minimum atomic E-state index is -0.333. The number of benzene rings is 2. The van der Waals surface area contributed by atoms with E-state index in [1.807, 2.05) is 31.1 Å². The second-order valence-electron chi connectivity index (χ2n) is 4.86. The van der Waals surface area contributed by atoms with E-state index in [2.05, 4.69) is 21.2 Å². The number of hydrogen-bond acceptors (Lipinski definition) is 2. The first kappa shape index (κ1) is 15.5. The summed E-state index contributed by atoms with van der Waals surface area (Å²) in [5.41, 5.74) is 1.94. The first-order chi connectivity index (χ1) is 9.97. The van der Waals surface area contributed by atoms with Crippen LogP contribution in [-0.2, 0) is 6.54 Å². The maximum Gasteiger partial charge on any atom is 0.251 e. The number of amides is 1. The highest BCUT2D eigenvalue weighted by Crippen LogP contribution is 2.16. The van der Waals surface area contributed by atoms with Crippen molar-refractivity contribution < 1.29 is 9.18 Å². The summed E-state index contributed by atoms with van der Waals surface area (Å²) >= 11 is 3.29. The normalized spacial score (nSPS) is 10.3. The molecular weight excluding hydrogens is 335 g/mol. The molecule has 0 saturated heterocycles. The molecule has 2 aromatic rings. The molecule has 0 bridgehead atoms. The fourth-order valence-electron chi connectivity index (χ4n) is 1.88. The van der Waals surface area contributed by atoms with Crippen LogP contribution in [0.4, 0.5) is 10.1 Å². The quantitative estimate of drug-likeness (QED) is 0.913. The Morgan fingerprint density at radius 1 is 1.24 bits per heavy atom. The molecule has 3 nitrogen and oxygen atoms in total. The second-order valence-corrected chi connectivity index (χ2v) is 5.78. The van der Waals surface area contributed by atoms with Gasteiger partial charge in [-0.1, -0.05) is 22.0 Å². The molecule has 0 unspecified atom stereocenters. The molecular formula is C16H16BrFN2O. The minimum absolute atomic E-state index is 0.149. The van der Waals surface area contributed by atoms with Crippen LogP contribution in [0.2, 0.25) is 0 Å². The van der Waals surface area contributed by atoms with E-state index in [4.69, 9.17) is 0 Å². The van der Waals surface area contributed by atoms with Gasteiger partial charge in [0.25, 0.3) is 5.91 Å². The Hall–Kier alpha value is -1.88. The lowest BCUT2D eigenvalue weighted by Crippen LogP contribution is -2.23. The third-order valence-electron chi connectivity index (χ3n) is 3.07. The Labute approximate surface area is 131 Å². The summed E-state index contributed by atoms with van der Waals surface area (Å²) in [7, 11) is 3.82. The molecule has 2 aromatic carbocycles. The van der Waals surface area contributed by atoms with Crippen molar-refractivity contribution in [2.24, 2.45) is 0 Å². The van der Waals surface area contributed by atoms with Gasteiger partial charge in [-0.05, 0) is 36.4 Å². The zero-order chi connectivity index (χ0) is 15.4. The number of nitrogens with one attached hydrogen (secondary N) is 1. The van der Waals surface area contributed by atoms with Gasteiger partial charge >= 0.3 is 0 Å². The Balaban J connectivity index is 2.08. The van der Waals surface area contributed by atoms with Crippen LogP contribution in [-0.4, -0.2) is 20.0 Å². The summed E-state index contributed by atoms with van der Waals surface area (Å²) < 4.78 is 14.4. The molecule has 0 heterocycles. The maximum atomic E-state index is 13.6. The minimum Gasteiger partial charge on any atom is -0.378 e. The molecule has 1 N–H and O–H groups in total. The molecule has 2 rings (SSSR count). The number of carbonyl (C=O) groups excluding carboxylic acids is 1. The van der Waals surface area contributed by atoms with Gasteiger partial charge in [-0.15, -0.1) is 0 Å². The van der Waals surface area contributed by atoms with Crippen LogP contribution in [0.1, 0.15) is 15.9 Å². The van der Waals surface area contributed by atoms with Gasteiger partial charge in [0.05, 0.1) is 0 Å². The smallest absolute Gasteiger partial charge is 0.251 e. The monoisotopic (exact) mass is 350 g/mol. The first-order valence-electron chi connectivity index (χ1n) is 6.47. The van der Waals surface area contributed by atoms with Crippen molar-refractivity contribution in [3.05, 3.63) is 63.9 Å². The zero-order valence-corrected chi connectivity index (χ0v) is 13.4. The van der Waals surface area contributed by atoms with E-state index in [1.165, 1.54) is 6.07 Å². The molecule has 0 fully saturated rings. The molecule has 0 saturated carbocycles. The van der Waals surface area contributed by atoms with Crippen molar-refractivity contribution in [2.45, 2.75) is 6.54 Å². The van der Waals surface area contributed by atoms with Crippen molar-refractivity contribution in [1.29, 1.82) is 0 Å². The van der Waals surface area contributed by atoms with Gasteiger partial charge in [0, 0.05) is 41.9 Å². The van der Waals surface area contributed by atoms with Crippen LogP contribution >= 0.6 is 15.9 Å². The summed E-state index contributed by atoms with van der Waals surface area (Å²) in [6, 6.07) is 11.9. The molecule has 0 aliphatic heterocycles. The van der Waals surface area contributed by atoms with Crippen LogP contribution in [0.15, 0.2) is 46.9 Å². The van der Waals surface area contributed by atoms with E-state index < -0.39 is 0 Å². The van der Waals surface area contributed by atoms with Gasteiger partial charge in [0.2, 0.25) is 0 Å². The van der Waals surface area contributed by atoms with E-state index in [0.717, 1.165) is 10.2 Å². The molecule has 0 spiro atoms. The molecule has 110 valence electrons. The number of carbonyl (C=O) groups is 1. The molecule has 5 heteroatoms. The van der Waals surface area contributed by atoms with Gasteiger partial charge in [-0.2, -0.15) is 0 Å². The zero-order valence-electron chi connectivity index (χ0n) is 11.9. The van der Waals surface area contributed by atoms with E-state index in [-0.39, 0.29) is 18.3 Å². The average Bonchev–Trinajstić information content (AvgIpc) is 2.48. The van der Waals surface area contributed by atoms with Gasteiger partial charge in [0.15, 0.2) is 0 Å². The van der Waals surface area contributed by atoms with Crippen molar-refractivity contribution >= 4 is 27.5 Å². The molecule has 0 atom stereocenters. The SMILES string of the molecule is CN(C)c1cccc(C(=O)NCc2cc(Br)ccc2F)c1. The summed E-state index contributed by atoms with van der Waals surface area (Å²) in [4.78, 5) is 14.0. The van der Waals surface area contributed by atoms with E-state index in [9.17, 15) is 9.18 Å². The molecule has 21 heavy (non-hydrogen) atoms. The van der Waals surface area contributed by atoms with Crippen LogP contribution in [0.5, 0.6) is 0 Å². The summed E-state index contributed by atoms with van der Waals surface area (Å²) in [5.74, 6) is -0.557. The third-order valence-corrected chi connectivity index (χ3v) is 3.57. The highest BCUT2D eigenvalue weighted by molar-refractivity contribution is 9.10. The molecule has 0 aromatic heterocycles. The van der Waals surface area contributed by atoms with Crippen LogP contribution in [0, 0.1) is 5.82 Å². The number of hydrogen-bond donors (Lipinski definition) is 1. The highest BCUT2D eigenvalue weighted by atomic mass is 79.9. The van der Waals surface area contributed by atoms with Gasteiger partial charge in [-0.3, -0.25) is 4.79 Å². The summed E-state index contributed by atoms with van der Waals surface area (Å²) in [6.45, 7) is 0.149. The van der Waals surface area contributed by atoms with Crippen molar-refractivity contribution in [1.82, 2.24) is 5.32 Å². The topological polar surface area (TPSA) is 32.3 Å². The number of anilines is 1. The predicted molar refractivity (Wildman–Crippen MR) is 86.0 cm³/mol. The largest absolute Gasteiger partial charge is 0.378 e. The van der Waals surface area contributed by atoms with Crippen LogP contribution in [0.3, 0.4) is 0 Å². The summed E-state index contributed by atoms with van der Waals surface area (Å²) in [5, 5.41) is 2.73. The van der Waals surface area contributed by atoms with Crippen molar-refractivity contribution in [3.63, 3.8) is 0 Å². The Kier molecular flexibility index (Phi) is 4.96. The van der Waals surface area contributed by atoms with Crippen LogP contribution < -0.4 is 10.2 Å². The second kappa shape index (κ2) is 6.72. The highest BCUT2D eigenvalue weighted by Gasteiger charge is 2.09. The summed E-state index contributed by atoms with van der Waals surface area (Å²) in [6.07, 6.45) is 0.